The Bertz CT molecular complexity index is 542. The molecule has 1 aromatic heterocycles. The fraction of sp³-hybridized carbons (Fsp3) is 0.429. The Morgan fingerprint density at radius 1 is 1.16 bits per heavy atom. The number of likely N-dealkylation sites (tertiary alicyclic amines) is 1. The Balaban J connectivity index is 1.74. The van der Waals surface area contributed by atoms with Crippen molar-refractivity contribution in [1.29, 1.82) is 0 Å². The second kappa shape index (κ2) is 5.40. The summed E-state index contributed by atoms with van der Waals surface area (Å²) < 4.78 is 1.97. The number of anilines is 1. The van der Waals surface area contributed by atoms with Gasteiger partial charge in [-0.15, -0.1) is 5.10 Å². The van der Waals surface area contributed by atoms with Gasteiger partial charge in [-0.25, -0.2) is 4.68 Å². The number of nitrogen functional groups attached to an aromatic ring is 1. The smallest absolute Gasteiger partial charge is 0.0886 e. The van der Waals surface area contributed by atoms with E-state index in [4.69, 9.17) is 5.73 Å². The molecule has 0 bridgehead atoms. The molecule has 0 unspecified atom stereocenters. The molecule has 1 fully saturated rings. The molecular formula is C14H19N5. The van der Waals surface area contributed by atoms with Crippen molar-refractivity contribution in [3.63, 3.8) is 0 Å². The lowest BCUT2D eigenvalue weighted by Gasteiger charge is -2.15. The number of nitrogens with zero attached hydrogens (tertiary/aromatic N) is 4. The highest BCUT2D eigenvalue weighted by molar-refractivity contribution is 5.63. The Morgan fingerprint density at radius 2 is 2.00 bits per heavy atom. The molecule has 1 aromatic carbocycles. The molecule has 1 aliphatic heterocycles. The van der Waals surface area contributed by atoms with Crippen LogP contribution in [-0.4, -0.2) is 39.5 Å². The standard InChI is InChI=1S/C14H19N5/c15-13-5-3-4-12(10-13)14-11-16-17-19(14)9-8-18-6-1-2-7-18/h3-5,10-11H,1-2,6-9,15H2. The van der Waals surface area contributed by atoms with E-state index in [0.29, 0.717) is 0 Å². The van der Waals surface area contributed by atoms with Crippen molar-refractivity contribution in [2.45, 2.75) is 19.4 Å². The van der Waals surface area contributed by atoms with Crippen molar-refractivity contribution in [2.24, 2.45) is 0 Å². The fourth-order valence-corrected chi connectivity index (χ4v) is 2.59. The molecule has 0 saturated carbocycles. The number of nitrogens with two attached hydrogens (primary N) is 1. The summed E-state index contributed by atoms with van der Waals surface area (Å²) in [6.45, 7) is 4.34. The number of rotatable bonds is 4. The van der Waals surface area contributed by atoms with Crippen LogP contribution in [0, 0.1) is 0 Å². The number of hydrogen-bond donors (Lipinski definition) is 1. The molecule has 0 radical (unpaired) electrons. The summed E-state index contributed by atoms with van der Waals surface area (Å²) in [6, 6.07) is 7.86. The monoisotopic (exact) mass is 257 g/mol. The van der Waals surface area contributed by atoms with Crippen LogP contribution in [0.25, 0.3) is 11.3 Å². The van der Waals surface area contributed by atoms with E-state index in [1.165, 1.54) is 25.9 Å². The van der Waals surface area contributed by atoms with Crippen LogP contribution in [0.1, 0.15) is 12.8 Å². The van der Waals surface area contributed by atoms with Gasteiger partial charge in [0.25, 0.3) is 0 Å². The van der Waals surface area contributed by atoms with Crippen molar-refractivity contribution in [1.82, 2.24) is 19.9 Å². The zero-order valence-electron chi connectivity index (χ0n) is 11.0. The van der Waals surface area contributed by atoms with Crippen LogP contribution in [0.5, 0.6) is 0 Å². The number of benzene rings is 1. The summed E-state index contributed by atoms with van der Waals surface area (Å²) in [5.74, 6) is 0. The van der Waals surface area contributed by atoms with Crippen molar-refractivity contribution in [3.05, 3.63) is 30.5 Å². The maximum absolute atomic E-state index is 5.83. The molecule has 2 aromatic rings. The Morgan fingerprint density at radius 3 is 2.79 bits per heavy atom. The highest BCUT2D eigenvalue weighted by atomic mass is 15.4. The minimum Gasteiger partial charge on any atom is -0.399 e. The van der Waals surface area contributed by atoms with E-state index in [1.54, 1.807) is 6.20 Å². The molecule has 2 heterocycles. The molecule has 0 amide bonds. The quantitative estimate of drug-likeness (QED) is 0.846. The highest BCUT2D eigenvalue weighted by Crippen LogP contribution is 2.20. The third-order valence-electron chi connectivity index (χ3n) is 3.63. The zero-order chi connectivity index (χ0) is 13.1. The average Bonchev–Trinajstić information content (AvgIpc) is 3.08. The summed E-state index contributed by atoms with van der Waals surface area (Å²) in [4.78, 5) is 2.48. The van der Waals surface area contributed by atoms with Gasteiger partial charge in [0.1, 0.15) is 0 Å². The van der Waals surface area contributed by atoms with Gasteiger partial charge >= 0.3 is 0 Å². The fourth-order valence-electron chi connectivity index (χ4n) is 2.59. The van der Waals surface area contributed by atoms with Crippen LogP contribution in [-0.2, 0) is 6.54 Å². The van der Waals surface area contributed by atoms with Gasteiger partial charge < -0.3 is 10.6 Å². The molecule has 5 heteroatoms. The van der Waals surface area contributed by atoms with Crippen LogP contribution in [0.2, 0.25) is 0 Å². The Kier molecular flexibility index (Phi) is 3.46. The van der Waals surface area contributed by atoms with Crippen molar-refractivity contribution in [2.75, 3.05) is 25.4 Å². The van der Waals surface area contributed by atoms with Crippen LogP contribution in [0.3, 0.4) is 0 Å². The van der Waals surface area contributed by atoms with Gasteiger partial charge in [-0.2, -0.15) is 0 Å². The third kappa shape index (κ3) is 2.76. The maximum atomic E-state index is 5.83. The largest absolute Gasteiger partial charge is 0.399 e. The minimum atomic E-state index is 0.768. The molecule has 0 atom stereocenters. The molecule has 2 N–H and O–H groups in total. The molecule has 0 aliphatic carbocycles. The molecule has 5 nitrogen and oxygen atoms in total. The third-order valence-corrected chi connectivity index (χ3v) is 3.63. The molecule has 1 saturated heterocycles. The van der Waals surface area contributed by atoms with Crippen LogP contribution >= 0.6 is 0 Å². The van der Waals surface area contributed by atoms with Gasteiger partial charge in [0, 0.05) is 17.8 Å². The summed E-state index contributed by atoms with van der Waals surface area (Å²) in [7, 11) is 0. The van der Waals surface area contributed by atoms with Crippen molar-refractivity contribution < 1.29 is 0 Å². The van der Waals surface area contributed by atoms with Gasteiger partial charge in [0.2, 0.25) is 0 Å². The van der Waals surface area contributed by atoms with Gasteiger partial charge in [-0.05, 0) is 38.1 Å². The zero-order valence-corrected chi connectivity index (χ0v) is 11.0. The van der Waals surface area contributed by atoms with E-state index in [0.717, 1.165) is 30.0 Å². The first-order valence-corrected chi connectivity index (χ1v) is 6.80. The first kappa shape index (κ1) is 12.2. The van der Waals surface area contributed by atoms with Crippen LogP contribution in [0.15, 0.2) is 30.5 Å². The van der Waals surface area contributed by atoms with E-state index in [-0.39, 0.29) is 0 Å². The second-order valence-electron chi connectivity index (χ2n) is 5.02. The lowest BCUT2D eigenvalue weighted by atomic mass is 10.1. The van der Waals surface area contributed by atoms with Gasteiger partial charge in [-0.3, -0.25) is 0 Å². The number of aromatic nitrogens is 3. The molecular weight excluding hydrogens is 238 g/mol. The van der Waals surface area contributed by atoms with Crippen molar-refractivity contribution >= 4 is 5.69 Å². The summed E-state index contributed by atoms with van der Waals surface area (Å²) in [6.07, 6.45) is 4.44. The number of hydrogen-bond acceptors (Lipinski definition) is 4. The van der Waals surface area contributed by atoms with Gasteiger partial charge in [0.05, 0.1) is 18.4 Å². The van der Waals surface area contributed by atoms with E-state index in [9.17, 15) is 0 Å². The Hall–Kier alpha value is -1.88. The maximum Gasteiger partial charge on any atom is 0.0886 e. The normalized spacial score (nSPS) is 16.0. The summed E-state index contributed by atoms with van der Waals surface area (Å²) in [5, 5.41) is 8.21. The van der Waals surface area contributed by atoms with Crippen molar-refractivity contribution in [3.8, 4) is 11.3 Å². The molecule has 3 rings (SSSR count). The van der Waals surface area contributed by atoms with E-state index in [2.05, 4.69) is 15.2 Å². The topological polar surface area (TPSA) is 60.0 Å². The SMILES string of the molecule is Nc1cccc(-c2cnnn2CCN2CCCC2)c1. The van der Waals surface area contributed by atoms with Crippen LogP contribution in [0.4, 0.5) is 5.69 Å². The molecule has 0 spiro atoms. The molecule has 19 heavy (non-hydrogen) atoms. The van der Waals surface area contributed by atoms with Gasteiger partial charge in [-0.1, -0.05) is 17.3 Å². The van der Waals surface area contributed by atoms with Gasteiger partial charge in [0.15, 0.2) is 0 Å². The van der Waals surface area contributed by atoms with Crippen LogP contribution < -0.4 is 5.73 Å². The second-order valence-corrected chi connectivity index (χ2v) is 5.02. The molecule has 1 aliphatic rings. The molecule has 100 valence electrons. The first-order valence-electron chi connectivity index (χ1n) is 6.80. The van der Waals surface area contributed by atoms with E-state index < -0.39 is 0 Å². The average molecular weight is 257 g/mol. The Labute approximate surface area is 113 Å². The lowest BCUT2D eigenvalue weighted by molar-refractivity contribution is 0.315. The van der Waals surface area contributed by atoms with E-state index in [1.807, 2.05) is 28.9 Å². The van der Waals surface area contributed by atoms with E-state index >= 15 is 0 Å². The minimum absolute atomic E-state index is 0.768. The highest BCUT2D eigenvalue weighted by Gasteiger charge is 2.13. The predicted molar refractivity (Wildman–Crippen MR) is 75.5 cm³/mol. The summed E-state index contributed by atoms with van der Waals surface area (Å²) in [5.41, 5.74) is 8.71. The first-order chi connectivity index (χ1) is 9.33. The lowest BCUT2D eigenvalue weighted by Crippen LogP contribution is -2.24. The summed E-state index contributed by atoms with van der Waals surface area (Å²) >= 11 is 0. The predicted octanol–water partition coefficient (Wildman–Crippen LogP) is 1.62.